The normalized spacial score (nSPS) is 12.5. The van der Waals surface area contributed by atoms with E-state index < -0.39 is 0 Å². The average molecular weight is 330 g/mol. The first-order chi connectivity index (χ1) is 11.7. The largest absolute Gasteiger partial charge is 0.504 e. The van der Waals surface area contributed by atoms with Crippen LogP contribution in [-0.2, 0) is 0 Å². The van der Waals surface area contributed by atoms with Gasteiger partial charge in [-0.1, -0.05) is 18.2 Å². The number of hydrogen-bond donors (Lipinski definition) is 1. The molecule has 2 aromatic rings. The van der Waals surface area contributed by atoms with Gasteiger partial charge in [0.2, 0.25) is 18.3 Å². The summed E-state index contributed by atoms with van der Waals surface area (Å²) >= 11 is 0. The molecule has 2 aromatic carbocycles. The SMILES string of the molecule is COc1ccc(/C=C/c2cc(OC)c3c(c2OC)OCO3)cc1O. The smallest absolute Gasteiger partial charge is 0.231 e. The van der Waals surface area contributed by atoms with E-state index in [-0.39, 0.29) is 12.5 Å². The third kappa shape index (κ3) is 2.78. The predicted octanol–water partition coefficient (Wildman–Crippen LogP) is 3.32. The first kappa shape index (κ1) is 15.9. The Bertz CT molecular complexity index is 782. The van der Waals surface area contributed by atoms with E-state index in [1.54, 1.807) is 26.4 Å². The topological polar surface area (TPSA) is 66.4 Å². The number of phenolic OH excluding ortho intramolecular Hbond substituents is 1. The van der Waals surface area contributed by atoms with Crippen LogP contribution in [0.2, 0.25) is 0 Å². The van der Waals surface area contributed by atoms with Crippen molar-refractivity contribution < 1.29 is 28.8 Å². The van der Waals surface area contributed by atoms with Crippen LogP contribution in [0.15, 0.2) is 24.3 Å². The van der Waals surface area contributed by atoms with Crippen LogP contribution in [0.3, 0.4) is 0 Å². The van der Waals surface area contributed by atoms with E-state index in [1.807, 2.05) is 24.3 Å². The number of rotatable bonds is 5. The molecule has 0 aromatic heterocycles. The lowest BCUT2D eigenvalue weighted by atomic mass is 10.1. The van der Waals surface area contributed by atoms with Crippen molar-refractivity contribution in [3.63, 3.8) is 0 Å². The van der Waals surface area contributed by atoms with Crippen LogP contribution in [0.5, 0.6) is 34.5 Å². The molecule has 1 aliphatic rings. The van der Waals surface area contributed by atoms with E-state index in [4.69, 9.17) is 23.7 Å². The molecule has 3 rings (SSSR count). The van der Waals surface area contributed by atoms with Crippen LogP contribution in [0.4, 0.5) is 0 Å². The van der Waals surface area contributed by atoms with Crippen molar-refractivity contribution in [2.24, 2.45) is 0 Å². The molecule has 0 saturated heterocycles. The van der Waals surface area contributed by atoms with Crippen LogP contribution in [0.25, 0.3) is 12.2 Å². The van der Waals surface area contributed by atoms with Crippen LogP contribution >= 0.6 is 0 Å². The highest BCUT2D eigenvalue weighted by Crippen LogP contribution is 2.49. The lowest BCUT2D eigenvalue weighted by molar-refractivity contribution is 0.168. The van der Waals surface area contributed by atoms with Crippen molar-refractivity contribution in [2.45, 2.75) is 0 Å². The van der Waals surface area contributed by atoms with Gasteiger partial charge in [0.05, 0.1) is 21.3 Å². The molecule has 126 valence electrons. The Labute approximate surface area is 139 Å². The summed E-state index contributed by atoms with van der Waals surface area (Å²) in [6.45, 7) is 0.127. The Morgan fingerprint density at radius 2 is 1.67 bits per heavy atom. The van der Waals surface area contributed by atoms with Gasteiger partial charge in [-0.25, -0.2) is 0 Å². The Morgan fingerprint density at radius 3 is 2.33 bits per heavy atom. The molecular formula is C18H18O6. The Balaban J connectivity index is 1.99. The minimum Gasteiger partial charge on any atom is -0.504 e. The fourth-order valence-corrected chi connectivity index (χ4v) is 2.52. The quantitative estimate of drug-likeness (QED) is 0.849. The van der Waals surface area contributed by atoms with Gasteiger partial charge in [-0.2, -0.15) is 0 Å². The summed E-state index contributed by atoms with van der Waals surface area (Å²) < 4.78 is 26.8. The van der Waals surface area contributed by atoms with Crippen molar-refractivity contribution in [1.29, 1.82) is 0 Å². The maximum Gasteiger partial charge on any atom is 0.231 e. The lowest BCUT2D eigenvalue weighted by Gasteiger charge is -2.11. The standard InChI is InChI=1S/C18H18O6/c1-20-14-7-5-11(8-13(14)19)4-6-12-9-15(21-2)17-18(16(12)22-3)24-10-23-17/h4-9,19H,10H2,1-3H3/b6-4+. The molecule has 0 unspecified atom stereocenters. The summed E-state index contributed by atoms with van der Waals surface area (Å²) in [5.41, 5.74) is 1.58. The molecule has 0 atom stereocenters. The van der Waals surface area contributed by atoms with Gasteiger partial charge < -0.3 is 28.8 Å². The summed E-state index contributed by atoms with van der Waals surface area (Å²) in [6.07, 6.45) is 3.70. The molecule has 0 radical (unpaired) electrons. The second-order valence-electron chi connectivity index (χ2n) is 5.03. The Hall–Kier alpha value is -3.02. The van der Waals surface area contributed by atoms with Gasteiger partial charge >= 0.3 is 0 Å². The molecule has 0 fully saturated rings. The van der Waals surface area contributed by atoms with Gasteiger partial charge in [0.15, 0.2) is 23.0 Å². The van der Waals surface area contributed by atoms with E-state index >= 15 is 0 Å². The predicted molar refractivity (Wildman–Crippen MR) is 89.3 cm³/mol. The molecule has 0 saturated carbocycles. The monoisotopic (exact) mass is 330 g/mol. The van der Waals surface area contributed by atoms with Crippen LogP contribution in [0.1, 0.15) is 11.1 Å². The molecule has 1 aliphatic heterocycles. The van der Waals surface area contributed by atoms with Gasteiger partial charge in [0.25, 0.3) is 0 Å². The van der Waals surface area contributed by atoms with Crippen molar-refractivity contribution >= 4 is 12.2 Å². The van der Waals surface area contributed by atoms with Crippen LogP contribution in [-0.4, -0.2) is 33.2 Å². The van der Waals surface area contributed by atoms with Crippen molar-refractivity contribution in [3.05, 3.63) is 35.4 Å². The molecular weight excluding hydrogens is 312 g/mol. The molecule has 1 N–H and O–H groups in total. The average Bonchev–Trinajstić information content (AvgIpc) is 3.08. The number of methoxy groups -OCH3 is 3. The Morgan fingerprint density at radius 1 is 0.917 bits per heavy atom. The lowest BCUT2D eigenvalue weighted by Crippen LogP contribution is -1.94. The van der Waals surface area contributed by atoms with E-state index in [2.05, 4.69) is 0 Å². The van der Waals surface area contributed by atoms with Crippen molar-refractivity contribution in [3.8, 4) is 34.5 Å². The molecule has 0 amide bonds. The highest BCUT2D eigenvalue weighted by molar-refractivity contribution is 5.78. The van der Waals surface area contributed by atoms with E-state index in [1.165, 1.54) is 7.11 Å². The summed E-state index contributed by atoms with van der Waals surface area (Å²) in [7, 11) is 4.65. The van der Waals surface area contributed by atoms with E-state index in [9.17, 15) is 5.11 Å². The second kappa shape index (κ2) is 6.62. The van der Waals surface area contributed by atoms with E-state index in [0.29, 0.717) is 28.7 Å². The molecule has 0 aliphatic carbocycles. The maximum absolute atomic E-state index is 9.86. The molecule has 6 heteroatoms. The summed E-state index contributed by atoms with van der Waals surface area (Å²) in [4.78, 5) is 0. The molecule has 24 heavy (non-hydrogen) atoms. The zero-order valence-electron chi connectivity index (χ0n) is 13.7. The van der Waals surface area contributed by atoms with Gasteiger partial charge in [-0.3, -0.25) is 0 Å². The number of fused-ring (bicyclic) bond motifs is 1. The fraction of sp³-hybridized carbons (Fsp3) is 0.222. The van der Waals surface area contributed by atoms with Gasteiger partial charge in [0.1, 0.15) is 0 Å². The first-order valence-corrected chi connectivity index (χ1v) is 7.27. The number of ether oxygens (including phenoxy) is 5. The highest BCUT2D eigenvalue weighted by atomic mass is 16.7. The summed E-state index contributed by atoms with van der Waals surface area (Å²) in [6, 6.07) is 6.97. The number of hydrogen-bond acceptors (Lipinski definition) is 6. The van der Waals surface area contributed by atoms with Gasteiger partial charge in [0, 0.05) is 5.56 Å². The second-order valence-corrected chi connectivity index (χ2v) is 5.03. The number of benzene rings is 2. The molecule has 0 bridgehead atoms. The van der Waals surface area contributed by atoms with Crippen LogP contribution < -0.4 is 23.7 Å². The fourth-order valence-electron chi connectivity index (χ4n) is 2.52. The zero-order valence-corrected chi connectivity index (χ0v) is 13.7. The third-order valence-electron chi connectivity index (χ3n) is 3.67. The van der Waals surface area contributed by atoms with E-state index in [0.717, 1.165) is 11.1 Å². The number of phenols is 1. The number of aromatic hydroxyl groups is 1. The zero-order chi connectivity index (χ0) is 17.1. The Kier molecular flexibility index (Phi) is 4.37. The minimum absolute atomic E-state index is 0.0786. The van der Waals surface area contributed by atoms with Crippen LogP contribution in [0, 0.1) is 0 Å². The summed E-state index contributed by atoms with van der Waals surface area (Å²) in [5, 5.41) is 9.86. The van der Waals surface area contributed by atoms with Crippen molar-refractivity contribution in [2.75, 3.05) is 28.1 Å². The highest BCUT2D eigenvalue weighted by Gasteiger charge is 2.26. The summed E-state index contributed by atoms with van der Waals surface area (Å²) in [5.74, 6) is 2.70. The minimum atomic E-state index is 0.0786. The first-order valence-electron chi connectivity index (χ1n) is 7.27. The third-order valence-corrected chi connectivity index (χ3v) is 3.67. The molecule has 1 heterocycles. The van der Waals surface area contributed by atoms with Gasteiger partial charge in [-0.05, 0) is 23.8 Å². The molecule has 6 nitrogen and oxygen atoms in total. The van der Waals surface area contributed by atoms with Crippen molar-refractivity contribution in [1.82, 2.24) is 0 Å². The maximum atomic E-state index is 9.86. The molecule has 0 spiro atoms. The van der Waals surface area contributed by atoms with Gasteiger partial charge in [-0.15, -0.1) is 0 Å².